The summed E-state index contributed by atoms with van der Waals surface area (Å²) < 4.78 is 5.21. The number of aromatic amines is 1. The van der Waals surface area contributed by atoms with Crippen LogP contribution in [0, 0.1) is 0 Å². The van der Waals surface area contributed by atoms with Crippen LogP contribution in [-0.2, 0) is 4.74 Å². The average molecular weight is 289 g/mol. The van der Waals surface area contributed by atoms with Crippen LogP contribution in [0.15, 0.2) is 18.2 Å². The Bertz CT molecular complexity index is 670. The van der Waals surface area contributed by atoms with Gasteiger partial charge >= 0.3 is 6.09 Å². The third-order valence-corrected chi connectivity index (χ3v) is 2.83. The third kappa shape index (κ3) is 3.81. The summed E-state index contributed by atoms with van der Waals surface area (Å²) in [5.41, 5.74) is 1.24. The van der Waals surface area contributed by atoms with Crippen molar-refractivity contribution in [2.24, 2.45) is 0 Å². The molecule has 0 bridgehead atoms. The molecule has 0 fully saturated rings. The van der Waals surface area contributed by atoms with Gasteiger partial charge in [-0.05, 0) is 45.9 Å². The van der Waals surface area contributed by atoms with Gasteiger partial charge in [-0.25, -0.2) is 9.78 Å². The van der Waals surface area contributed by atoms with Crippen LogP contribution < -0.4 is 5.32 Å². The maximum atomic E-state index is 11.7. The molecular formula is C15H19N3O3. The number of aldehydes is 1. The standard InChI is InChI=1S/C15H19N3O3/c1-9(16-14(20)21-15(2,3)4)12-6-5-10-7-11(8-19)17-13(10)18-12/h5-9H,1-4H3,(H,16,20)(H,17,18)/t9-/m1/s1. The molecule has 112 valence electrons. The second-order valence-corrected chi connectivity index (χ2v) is 5.88. The van der Waals surface area contributed by atoms with E-state index in [1.165, 1.54) is 0 Å². The summed E-state index contributed by atoms with van der Waals surface area (Å²) in [5, 5.41) is 3.58. The van der Waals surface area contributed by atoms with E-state index in [0.717, 1.165) is 11.7 Å². The van der Waals surface area contributed by atoms with Gasteiger partial charge in [0.1, 0.15) is 11.2 Å². The summed E-state index contributed by atoms with van der Waals surface area (Å²) in [6.07, 6.45) is 0.251. The van der Waals surface area contributed by atoms with Crippen LogP contribution in [0.5, 0.6) is 0 Å². The Labute approximate surface area is 122 Å². The van der Waals surface area contributed by atoms with Crippen molar-refractivity contribution in [1.82, 2.24) is 15.3 Å². The van der Waals surface area contributed by atoms with Crippen molar-refractivity contribution < 1.29 is 14.3 Å². The molecule has 1 amide bonds. The van der Waals surface area contributed by atoms with Crippen LogP contribution in [0.2, 0.25) is 0 Å². The number of nitrogens with zero attached hydrogens (tertiary/aromatic N) is 1. The molecule has 2 aromatic heterocycles. The Hall–Kier alpha value is -2.37. The molecule has 0 aromatic carbocycles. The molecule has 6 heteroatoms. The zero-order chi connectivity index (χ0) is 15.6. The van der Waals surface area contributed by atoms with Gasteiger partial charge in [0.15, 0.2) is 6.29 Å². The zero-order valence-corrected chi connectivity index (χ0v) is 12.6. The van der Waals surface area contributed by atoms with E-state index in [0.29, 0.717) is 17.0 Å². The summed E-state index contributed by atoms with van der Waals surface area (Å²) in [5.74, 6) is 0. The predicted molar refractivity (Wildman–Crippen MR) is 79.3 cm³/mol. The quantitative estimate of drug-likeness (QED) is 0.851. The van der Waals surface area contributed by atoms with Crippen molar-refractivity contribution in [3.8, 4) is 0 Å². The number of rotatable bonds is 3. The lowest BCUT2D eigenvalue weighted by Gasteiger charge is -2.21. The van der Waals surface area contributed by atoms with Gasteiger partial charge in [-0.3, -0.25) is 4.79 Å². The molecule has 2 aromatic rings. The molecule has 0 aliphatic heterocycles. The van der Waals surface area contributed by atoms with Crippen LogP contribution in [-0.4, -0.2) is 27.9 Å². The number of hydrogen-bond donors (Lipinski definition) is 2. The number of carbonyl (C=O) groups is 2. The van der Waals surface area contributed by atoms with Crippen molar-refractivity contribution in [1.29, 1.82) is 0 Å². The van der Waals surface area contributed by atoms with E-state index in [1.54, 1.807) is 26.8 Å². The normalized spacial score (nSPS) is 13.0. The SMILES string of the molecule is C[C@@H](NC(=O)OC(C)(C)C)c1ccc2cc(C=O)[nH]c2n1. The predicted octanol–water partition coefficient (Wildman–Crippen LogP) is 2.96. The number of carbonyl (C=O) groups excluding carboxylic acids is 2. The monoisotopic (exact) mass is 289 g/mol. The van der Waals surface area contributed by atoms with Gasteiger partial charge in [0.25, 0.3) is 0 Å². The van der Waals surface area contributed by atoms with Gasteiger partial charge < -0.3 is 15.0 Å². The number of hydrogen-bond acceptors (Lipinski definition) is 4. The number of amides is 1. The van der Waals surface area contributed by atoms with Crippen LogP contribution >= 0.6 is 0 Å². The lowest BCUT2D eigenvalue weighted by atomic mass is 10.2. The first-order valence-corrected chi connectivity index (χ1v) is 6.73. The first-order chi connectivity index (χ1) is 9.78. The number of fused-ring (bicyclic) bond motifs is 1. The van der Waals surface area contributed by atoms with E-state index < -0.39 is 11.7 Å². The maximum Gasteiger partial charge on any atom is 0.408 e. The van der Waals surface area contributed by atoms with Crippen LogP contribution in [0.25, 0.3) is 11.0 Å². The first-order valence-electron chi connectivity index (χ1n) is 6.73. The summed E-state index contributed by atoms with van der Waals surface area (Å²) in [4.78, 5) is 29.8. The van der Waals surface area contributed by atoms with Crippen LogP contribution in [0.3, 0.4) is 0 Å². The maximum absolute atomic E-state index is 11.7. The van der Waals surface area contributed by atoms with Crippen LogP contribution in [0.4, 0.5) is 4.79 Å². The molecule has 0 aliphatic rings. The van der Waals surface area contributed by atoms with Crippen molar-refractivity contribution in [2.45, 2.75) is 39.3 Å². The molecule has 2 N–H and O–H groups in total. The van der Waals surface area contributed by atoms with Gasteiger partial charge in [-0.1, -0.05) is 0 Å². The lowest BCUT2D eigenvalue weighted by molar-refractivity contribution is 0.0507. The lowest BCUT2D eigenvalue weighted by Crippen LogP contribution is -2.34. The molecule has 0 radical (unpaired) electrons. The molecule has 21 heavy (non-hydrogen) atoms. The highest BCUT2D eigenvalue weighted by Gasteiger charge is 2.19. The average Bonchev–Trinajstić information content (AvgIpc) is 2.77. The molecule has 1 atom stereocenters. The molecule has 0 saturated heterocycles. The molecule has 2 heterocycles. The van der Waals surface area contributed by atoms with Crippen molar-refractivity contribution in [2.75, 3.05) is 0 Å². The number of pyridine rings is 1. The highest BCUT2D eigenvalue weighted by Crippen LogP contribution is 2.17. The van der Waals surface area contributed by atoms with E-state index in [9.17, 15) is 9.59 Å². The number of H-pyrrole nitrogens is 1. The highest BCUT2D eigenvalue weighted by atomic mass is 16.6. The smallest absolute Gasteiger partial charge is 0.408 e. The van der Waals surface area contributed by atoms with Gasteiger partial charge in [-0.15, -0.1) is 0 Å². The third-order valence-electron chi connectivity index (χ3n) is 2.83. The second kappa shape index (κ2) is 5.55. The number of aromatic nitrogens is 2. The van der Waals surface area contributed by atoms with Gasteiger partial charge in [-0.2, -0.15) is 0 Å². The van der Waals surface area contributed by atoms with E-state index in [-0.39, 0.29) is 6.04 Å². The molecule has 0 saturated carbocycles. The minimum Gasteiger partial charge on any atom is -0.444 e. The Morgan fingerprint density at radius 3 is 2.76 bits per heavy atom. The molecule has 2 rings (SSSR count). The number of alkyl carbamates (subject to hydrolysis) is 1. The molecule has 0 spiro atoms. The molecule has 6 nitrogen and oxygen atoms in total. The van der Waals surface area contributed by atoms with E-state index >= 15 is 0 Å². The van der Waals surface area contributed by atoms with E-state index in [2.05, 4.69) is 15.3 Å². The fraction of sp³-hybridized carbons (Fsp3) is 0.400. The minimum absolute atomic E-state index is 0.299. The largest absolute Gasteiger partial charge is 0.444 e. The summed E-state index contributed by atoms with van der Waals surface area (Å²) in [6, 6.07) is 5.10. The van der Waals surface area contributed by atoms with Crippen molar-refractivity contribution in [3.05, 3.63) is 29.6 Å². The molecule has 0 unspecified atom stereocenters. The van der Waals surface area contributed by atoms with Crippen molar-refractivity contribution >= 4 is 23.4 Å². The van der Waals surface area contributed by atoms with E-state index in [4.69, 9.17) is 4.74 Å². The van der Waals surface area contributed by atoms with Crippen molar-refractivity contribution in [3.63, 3.8) is 0 Å². The Morgan fingerprint density at radius 1 is 1.43 bits per heavy atom. The van der Waals surface area contributed by atoms with Gasteiger partial charge in [0, 0.05) is 5.39 Å². The minimum atomic E-state index is -0.542. The van der Waals surface area contributed by atoms with Crippen LogP contribution in [0.1, 0.15) is 49.9 Å². The topological polar surface area (TPSA) is 84.1 Å². The Kier molecular flexibility index (Phi) is 3.97. The summed E-state index contributed by atoms with van der Waals surface area (Å²) in [6.45, 7) is 7.24. The van der Waals surface area contributed by atoms with E-state index in [1.807, 2.05) is 19.1 Å². The van der Waals surface area contributed by atoms with Gasteiger partial charge in [0.2, 0.25) is 0 Å². The highest BCUT2D eigenvalue weighted by molar-refractivity contribution is 5.85. The first kappa shape index (κ1) is 15.0. The fourth-order valence-corrected chi connectivity index (χ4v) is 1.90. The Balaban J connectivity index is 2.13. The summed E-state index contributed by atoms with van der Waals surface area (Å²) >= 11 is 0. The summed E-state index contributed by atoms with van der Waals surface area (Å²) in [7, 11) is 0. The fourth-order valence-electron chi connectivity index (χ4n) is 1.90. The molecule has 0 aliphatic carbocycles. The second-order valence-electron chi connectivity index (χ2n) is 5.88. The van der Waals surface area contributed by atoms with Gasteiger partial charge in [0.05, 0.1) is 17.4 Å². The number of ether oxygens (including phenoxy) is 1. The Morgan fingerprint density at radius 2 is 2.14 bits per heavy atom. The zero-order valence-electron chi connectivity index (χ0n) is 12.6. The number of nitrogens with one attached hydrogen (secondary N) is 2. The molecular weight excluding hydrogens is 270 g/mol.